The van der Waals surface area contributed by atoms with E-state index in [-0.39, 0.29) is 0 Å². The van der Waals surface area contributed by atoms with Crippen molar-refractivity contribution < 1.29 is 4.74 Å². The minimum Gasteiger partial charge on any atom is -0.496 e. The van der Waals surface area contributed by atoms with Crippen LogP contribution in [0.25, 0.3) is 0 Å². The van der Waals surface area contributed by atoms with Crippen LogP contribution in [-0.2, 0) is 6.54 Å². The van der Waals surface area contributed by atoms with Gasteiger partial charge in [-0.05, 0) is 13.0 Å². The quantitative estimate of drug-likeness (QED) is 0.912. The number of halogens is 1. The lowest BCUT2D eigenvalue weighted by atomic mass is 10.1. The second kappa shape index (κ2) is 4.67. The average Bonchev–Trinajstić information content (AvgIpc) is 2.58. The second-order valence-corrected chi connectivity index (χ2v) is 4.28. The molecule has 1 aromatic carbocycles. The van der Waals surface area contributed by atoms with E-state index in [0.29, 0.717) is 17.4 Å². The number of anilines is 1. The zero-order chi connectivity index (χ0) is 12.4. The molecule has 4 nitrogen and oxygen atoms in total. The maximum absolute atomic E-state index is 5.86. The van der Waals surface area contributed by atoms with Crippen molar-refractivity contribution in [2.75, 3.05) is 12.8 Å². The van der Waals surface area contributed by atoms with Crippen molar-refractivity contribution in [2.24, 2.45) is 0 Å². The molecule has 1 aromatic heterocycles. The summed E-state index contributed by atoms with van der Waals surface area (Å²) in [5.41, 5.74) is 7.82. The fourth-order valence-electron chi connectivity index (χ4n) is 1.70. The van der Waals surface area contributed by atoms with Crippen LogP contribution in [0.3, 0.4) is 0 Å². The number of nitrogens with two attached hydrogens (primary N) is 1. The Kier molecular flexibility index (Phi) is 3.24. The zero-order valence-electron chi connectivity index (χ0n) is 9.77. The molecule has 0 radical (unpaired) electrons. The molecule has 0 unspecified atom stereocenters. The van der Waals surface area contributed by atoms with Crippen LogP contribution in [0.15, 0.2) is 24.4 Å². The second-order valence-electron chi connectivity index (χ2n) is 3.88. The zero-order valence-corrected chi connectivity index (χ0v) is 10.5. The van der Waals surface area contributed by atoms with Crippen LogP contribution in [0.2, 0.25) is 5.02 Å². The standard InChI is InChI=1S/C12H14ClN3O/c1-8-3-4-11(17-2)9(5-8)6-16-7-10(13)12(14)15-16/h3-5,7H,6H2,1-2H3,(H2,14,15). The van der Waals surface area contributed by atoms with Gasteiger partial charge in [0.15, 0.2) is 5.82 Å². The molecule has 0 saturated carbocycles. The summed E-state index contributed by atoms with van der Waals surface area (Å²) in [4.78, 5) is 0. The highest BCUT2D eigenvalue weighted by Crippen LogP contribution is 2.22. The molecule has 0 amide bonds. The maximum Gasteiger partial charge on any atom is 0.164 e. The monoisotopic (exact) mass is 251 g/mol. The van der Waals surface area contributed by atoms with Gasteiger partial charge in [-0.2, -0.15) is 5.10 Å². The first-order valence-corrected chi connectivity index (χ1v) is 5.60. The van der Waals surface area contributed by atoms with Crippen molar-refractivity contribution in [3.05, 3.63) is 40.5 Å². The van der Waals surface area contributed by atoms with Crippen LogP contribution in [-0.4, -0.2) is 16.9 Å². The van der Waals surface area contributed by atoms with E-state index >= 15 is 0 Å². The maximum atomic E-state index is 5.86. The van der Waals surface area contributed by atoms with Crippen LogP contribution >= 0.6 is 11.6 Å². The molecule has 1 heterocycles. The molecular formula is C12H14ClN3O. The lowest BCUT2D eigenvalue weighted by molar-refractivity contribution is 0.407. The lowest BCUT2D eigenvalue weighted by Gasteiger charge is -2.09. The number of benzene rings is 1. The van der Waals surface area contributed by atoms with Crippen LogP contribution in [0.5, 0.6) is 5.75 Å². The van der Waals surface area contributed by atoms with Crippen molar-refractivity contribution in [1.82, 2.24) is 9.78 Å². The Morgan fingerprint density at radius 3 is 2.82 bits per heavy atom. The summed E-state index contributed by atoms with van der Waals surface area (Å²) in [6, 6.07) is 6.01. The summed E-state index contributed by atoms with van der Waals surface area (Å²) < 4.78 is 7.01. The highest BCUT2D eigenvalue weighted by atomic mass is 35.5. The molecule has 0 aliphatic carbocycles. The molecule has 0 spiro atoms. The summed E-state index contributed by atoms with van der Waals surface area (Å²) in [7, 11) is 1.65. The predicted octanol–water partition coefficient (Wildman–Crippen LogP) is 2.48. The van der Waals surface area contributed by atoms with Gasteiger partial charge >= 0.3 is 0 Å². The van der Waals surface area contributed by atoms with E-state index in [9.17, 15) is 0 Å². The number of hydrogen-bond acceptors (Lipinski definition) is 3. The molecule has 5 heteroatoms. The molecule has 90 valence electrons. The van der Waals surface area contributed by atoms with Crippen LogP contribution < -0.4 is 10.5 Å². The van der Waals surface area contributed by atoms with E-state index in [0.717, 1.165) is 11.3 Å². The Hall–Kier alpha value is -1.68. The van der Waals surface area contributed by atoms with Gasteiger partial charge in [0.1, 0.15) is 10.8 Å². The van der Waals surface area contributed by atoms with Crippen molar-refractivity contribution in [3.8, 4) is 5.75 Å². The molecule has 2 N–H and O–H groups in total. The Labute approximate surface area is 105 Å². The Bertz CT molecular complexity index is 517. The fraction of sp³-hybridized carbons (Fsp3) is 0.250. The summed E-state index contributed by atoms with van der Waals surface area (Å²) in [6.45, 7) is 2.62. The van der Waals surface area contributed by atoms with Gasteiger partial charge in [0, 0.05) is 11.8 Å². The van der Waals surface area contributed by atoms with E-state index in [1.54, 1.807) is 18.0 Å². The van der Waals surface area contributed by atoms with Gasteiger partial charge in [-0.1, -0.05) is 29.3 Å². The number of nitrogens with zero attached hydrogens (tertiary/aromatic N) is 2. The smallest absolute Gasteiger partial charge is 0.164 e. The largest absolute Gasteiger partial charge is 0.496 e. The van der Waals surface area contributed by atoms with E-state index in [4.69, 9.17) is 22.1 Å². The van der Waals surface area contributed by atoms with Gasteiger partial charge in [-0.3, -0.25) is 4.68 Å². The topological polar surface area (TPSA) is 53.1 Å². The molecule has 0 aliphatic heterocycles. The van der Waals surface area contributed by atoms with Gasteiger partial charge in [-0.15, -0.1) is 0 Å². The number of ether oxygens (including phenoxy) is 1. The van der Waals surface area contributed by atoms with Crippen molar-refractivity contribution in [1.29, 1.82) is 0 Å². The summed E-state index contributed by atoms with van der Waals surface area (Å²) >= 11 is 5.86. The van der Waals surface area contributed by atoms with Crippen LogP contribution in [0.4, 0.5) is 5.82 Å². The minimum atomic E-state index is 0.346. The average molecular weight is 252 g/mol. The van der Waals surface area contributed by atoms with Crippen LogP contribution in [0.1, 0.15) is 11.1 Å². The molecule has 0 aliphatic rings. The van der Waals surface area contributed by atoms with Crippen molar-refractivity contribution in [3.63, 3.8) is 0 Å². The third-order valence-corrected chi connectivity index (χ3v) is 2.80. The number of aryl methyl sites for hydroxylation is 1. The number of methoxy groups -OCH3 is 1. The molecular weight excluding hydrogens is 238 g/mol. The molecule has 0 fully saturated rings. The molecule has 2 aromatic rings. The van der Waals surface area contributed by atoms with E-state index in [1.165, 1.54) is 5.56 Å². The van der Waals surface area contributed by atoms with Gasteiger partial charge in [-0.25, -0.2) is 0 Å². The number of nitrogen functional groups attached to an aromatic ring is 1. The van der Waals surface area contributed by atoms with Crippen molar-refractivity contribution in [2.45, 2.75) is 13.5 Å². The summed E-state index contributed by atoms with van der Waals surface area (Å²) in [5.74, 6) is 1.18. The number of rotatable bonds is 3. The van der Waals surface area contributed by atoms with E-state index in [1.807, 2.05) is 19.1 Å². The molecule has 2 rings (SSSR count). The summed E-state index contributed by atoms with van der Waals surface area (Å²) in [5, 5.41) is 4.59. The first-order chi connectivity index (χ1) is 8.10. The lowest BCUT2D eigenvalue weighted by Crippen LogP contribution is -2.03. The first kappa shape index (κ1) is 11.8. The van der Waals surface area contributed by atoms with E-state index in [2.05, 4.69) is 11.2 Å². The molecule has 0 bridgehead atoms. The Balaban J connectivity index is 2.31. The third kappa shape index (κ3) is 2.53. The van der Waals surface area contributed by atoms with Crippen molar-refractivity contribution >= 4 is 17.4 Å². The Morgan fingerprint density at radius 2 is 2.24 bits per heavy atom. The highest BCUT2D eigenvalue weighted by molar-refractivity contribution is 6.32. The molecule has 0 atom stereocenters. The minimum absolute atomic E-state index is 0.346. The van der Waals surface area contributed by atoms with E-state index < -0.39 is 0 Å². The third-order valence-electron chi connectivity index (χ3n) is 2.51. The van der Waals surface area contributed by atoms with Gasteiger partial charge < -0.3 is 10.5 Å². The predicted molar refractivity (Wildman–Crippen MR) is 68.5 cm³/mol. The van der Waals surface area contributed by atoms with Gasteiger partial charge in [0.25, 0.3) is 0 Å². The van der Waals surface area contributed by atoms with Gasteiger partial charge in [0.2, 0.25) is 0 Å². The Morgan fingerprint density at radius 1 is 1.47 bits per heavy atom. The van der Waals surface area contributed by atoms with Gasteiger partial charge in [0.05, 0.1) is 13.7 Å². The number of aromatic nitrogens is 2. The summed E-state index contributed by atoms with van der Waals surface area (Å²) in [6.07, 6.45) is 1.71. The first-order valence-electron chi connectivity index (χ1n) is 5.22. The molecule has 0 saturated heterocycles. The molecule has 17 heavy (non-hydrogen) atoms. The fourth-order valence-corrected chi connectivity index (χ4v) is 1.85. The number of hydrogen-bond donors (Lipinski definition) is 1. The highest BCUT2D eigenvalue weighted by Gasteiger charge is 2.07. The SMILES string of the molecule is COc1ccc(C)cc1Cn1cc(Cl)c(N)n1. The normalized spacial score (nSPS) is 10.5. The van der Waals surface area contributed by atoms with Crippen LogP contribution in [0, 0.1) is 6.92 Å².